The molecule has 1 unspecified atom stereocenters. The van der Waals surface area contributed by atoms with E-state index < -0.39 is 0 Å². The number of amides is 1. The van der Waals surface area contributed by atoms with Crippen molar-refractivity contribution in [2.75, 3.05) is 6.54 Å². The second-order valence-electron chi connectivity index (χ2n) is 6.63. The van der Waals surface area contributed by atoms with Crippen molar-refractivity contribution in [2.45, 2.75) is 70.3 Å². The van der Waals surface area contributed by atoms with Crippen molar-refractivity contribution in [3.8, 4) is 0 Å². The molecule has 1 aromatic carbocycles. The van der Waals surface area contributed by atoms with Crippen molar-refractivity contribution in [3.05, 3.63) is 35.4 Å². The molecule has 1 aromatic rings. The molecule has 0 spiro atoms. The number of rotatable bonds is 0. The number of nitrogens with zero attached hydrogens (tertiary/aromatic N) is 1. The molecule has 21 heavy (non-hydrogen) atoms. The van der Waals surface area contributed by atoms with Crippen LogP contribution in [0.5, 0.6) is 0 Å². The normalized spacial score (nSPS) is 24.5. The average molecular weight is 285 g/mol. The minimum Gasteiger partial charge on any atom is -0.338 e. The van der Waals surface area contributed by atoms with Gasteiger partial charge in [-0.05, 0) is 24.0 Å². The summed E-state index contributed by atoms with van der Waals surface area (Å²) in [6.07, 6.45) is 11.4. The topological polar surface area (TPSA) is 20.3 Å². The van der Waals surface area contributed by atoms with E-state index in [2.05, 4.69) is 29.2 Å². The number of fused-ring (bicyclic) bond motifs is 4. The quantitative estimate of drug-likeness (QED) is 0.680. The monoisotopic (exact) mass is 285 g/mol. The van der Waals surface area contributed by atoms with E-state index in [1.807, 2.05) is 0 Å². The first kappa shape index (κ1) is 14.6. The summed E-state index contributed by atoms with van der Waals surface area (Å²) in [5.74, 6) is 0.503. The predicted molar refractivity (Wildman–Crippen MR) is 86.2 cm³/mol. The molecule has 2 aliphatic heterocycles. The number of hydrogen-bond donors (Lipinski definition) is 0. The third kappa shape index (κ3) is 3.48. The van der Waals surface area contributed by atoms with E-state index in [1.165, 1.54) is 62.5 Å². The van der Waals surface area contributed by atoms with E-state index in [4.69, 9.17) is 0 Å². The standard InChI is InChI=1S/C19H27NO/c21-19-18-13-7-5-3-1-2-4-6-10-14-20(19)15-16-11-8-9-12-17(16)18/h8-9,11-12,18H,1-7,10,13-15H2. The second kappa shape index (κ2) is 7.11. The summed E-state index contributed by atoms with van der Waals surface area (Å²) in [5.41, 5.74) is 2.67. The summed E-state index contributed by atoms with van der Waals surface area (Å²) < 4.78 is 0. The van der Waals surface area contributed by atoms with Crippen LogP contribution in [0.25, 0.3) is 0 Å². The Balaban J connectivity index is 1.80. The lowest BCUT2D eigenvalue weighted by Gasteiger charge is -2.34. The van der Waals surface area contributed by atoms with Crippen LogP contribution in [0.2, 0.25) is 0 Å². The Morgan fingerprint density at radius 3 is 2.33 bits per heavy atom. The third-order valence-electron chi connectivity index (χ3n) is 5.07. The summed E-state index contributed by atoms with van der Waals surface area (Å²) in [6, 6.07) is 8.58. The molecule has 2 aliphatic rings. The molecule has 0 aromatic heterocycles. The first-order valence-electron chi connectivity index (χ1n) is 8.73. The van der Waals surface area contributed by atoms with Gasteiger partial charge in [-0.25, -0.2) is 0 Å². The number of carbonyl (C=O) groups is 1. The molecule has 2 heteroatoms. The zero-order valence-electron chi connectivity index (χ0n) is 13.0. The van der Waals surface area contributed by atoms with E-state index in [9.17, 15) is 4.79 Å². The summed E-state index contributed by atoms with van der Waals surface area (Å²) in [7, 11) is 0. The van der Waals surface area contributed by atoms with Crippen LogP contribution in [-0.4, -0.2) is 17.4 Å². The fourth-order valence-corrected chi connectivity index (χ4v) is 3.84. The zero-order chi connectivity index (χ0) is 14.5. The van der Waals surface area contributed by atoms with Crippen LogP contribution < -0.4 is 0 Å². The van der Waals surface area contributed by atoms with E-state index in [0.29, 0.717) is 5.91 Å². The molecule has 0 aliphatic carbocycles. The smallest absolute Gasteiger partial charge is 0.230 e. The Bertz CT molecular complexity index is 482. The van der Waals surface area contributed by atoms with Crippen LogP contribution in [0.4, 0.5) is 0 Å². The zero-order valence-corrected chi connectivity index (χ0v) is 13.0. The van der Waals surface area contributed by atoms with Gasteiger partial charge in [-0.1, -0.05) is 69.2 Å². The third-order valence-corrected chi connectivity index (χ3v) is 5.07. The molecule has 0 saturated carbocycles. The molecule has 0 radical (unpaired) electrons. The highest BCUT2D eigenvalue weighted by Crippen LogP contribution is 2.33. The maximum Gasteiger partial charge on any atom is 0.230 e. The van der Waals surface area contributed by atoms with Gasteiger partial charge in [-0.2, -0.15) is 0 Å². The molecule has 3 rings (SSSR count). The fraction of sp³-hybridized carbons (Fsp3) is 0.632. The predicted octanol–water partition coefficient (Wildman–Crippen LogP) is 4.64. The van der Waals surface area contributed by atoms with Gasteiger partial charge >= 0.3 is 0 Å². The maximum atomic E-state index is 12.8. The largest absolute Gasteiger partial charge is 0.338 e. The molecule has 2 nitrogen and oxygen atoms in total. The van der Waals surface area contributed by atoms with Crippen LogP contribution >= 0.6 is 0 Å². The summed E-state index contributed by atoms with van der Waals surface area (Å²) in [6.45, 7) is 1.77. The van der Waals surface area contributed by atoms with Crippen molar-refractivity contribution >= 4 is 5.91 Å². The Morgan fingerprint density at radius 1 is 0.857 bits per heavy atom. The first-order chi connectivity index (χ1) is 10.4. The van der Waals surface area contributed by atoms with E-state index >= 15 is 0 Å². The Kier molecular flexibility index (Phi) is 4.95. The minimum atomic E-state index is 0.121. The summed E-state index contributed by atoms with van der Waals surface area (Å²) in [4.78, 5) is 14.9. The lowest BCUT2D eigenvalue weighted by atomic mass is 9.85. The molecule has 2 bridgehead atoms. The van der Waals surface area contributed by atoms with Gasteiger partial charge in [0.25, 0.3) is 0 Å². The molecular weight excluding hydrogens is 258 g/mol. The first-order valence-corrected chi connectivity index (χ1v) is 8.73. The van der Waals surface area contributed by atoms with Crippen LogP contribution in [-0.2, 0) is 11.3 Å². The number of carbonyl (C=O) groups excluding carboxylic acids is 1. The Hall–Kier alpha value is -1.31. The van der Waals surface area contributed by atoms with E-state index in [-0.39, 0.29) is 5.92 Å². The van der Waals surface area contributed by atoms with E-state index in [0.717, 1.165) is 19.5 Å². The lowest BCUT2D eigenvalue weighted by molar-refractivity contribution is -0.134. The van der Waals surface area contributed by atoms with Crippen molar-refractivity contribution in [1.29, 1.82) is 0 Å². The van der Waals surface area contributed by atoms with Crippen LogP contribution in [0.1, 0.15) is 74.8 Å². The van der Waals surface area contributed by atoms with Gasteiger partial charge < -0.3 is 4.90 Å². The highest BCUT2D eigenvalue weighted by molar-refractivity contribution is 5.85. The molecular formula is C19H27NO. The summed E-state index contributed by atoms with van der Waals surface area (Å²) >= 11 is 0. The van der Waals surface area contributed by atoms with Crippen LogP contribution in [0.3, 0.4) is 0 Å². The van der Waals surface area contributed by atoms with Crippen molar-refractivity contribution < 1.29 is 4.79 Å². The van der Waals surface area contributed by atoms with Crippen LogP contribution in [0.15, 0.2) is 24.3 Å². The van der Waals surface area contributed by atoms with Crippen molar-refractivity contribution in [3.63, 3.8) is 0 Å². The highest BCUT2D eigenvalue weighted by atomic mass is 16.2. The molecule has 1 amide bonds. The molecule has 114 valence electrons. The second-order valence-corrected chi connectivity index (χ2v) is 6.63. The molecule has 0 N–H and O–H groups in total. The van der Waals surface area contributed by atoms with Gasteiger partial charge in [0.15, 0.2) is 0 Å². The van der Waals surface area contributed by atoms with Gasteiger partial charge in [-0.3, -0.25) is 4.79 Å². The molecule has 2 heterocycles. The minimum absolute atomic E-state index is 0.121. The van der Waals surface area contributed by atoms with Crippen molar-refractivity contribution in [1.82, 2.24) is 4.90 Å². The number of hydrogen-bond acceptors (Lipinski definition) is 1. The fourth-order valence-electron chi connectivity index (χ4n) is 3.84. The Morgan fingerprint density at radius 2 is 1.52 bits per heavy atom. The lowest BCUT2D eigenvalue weighted by Crippen LogP contribution is -2.39. The van der Waals surface area contributed by atoms with Gasteiger partial charge in [0.05, 0.1) is 5.92 Å². The SMILES string of the molecule is O=C1C2CCCCCCCCCCN1Cc1ccccc12. The molecule has 1 saturated heterocycles. The average Bonchev–Trinajstić information content (AvgIpc) is 2.52. The maximum absolute atomic E-state index is 12.8. The molecule has 1 atom stereocenters. The van der Waals surface area contributed by atoms with E-state index in [1.54, 1.807) is 0 Å². The van der Waals surface area contributed by atoms with Crippen molar-refractivity contribution in [2.24, 2.45) is 0 Å². The van der Waals surface area contributed by atoms with Gasteiger partial charge in [0, 0.05) is 13.1 Å². The Labute approximate surface area is 128 Å². The number of benzene rings is 1. The van der Waals surface area contributed by atoms with Gasteiger partial charge in [0.2, 0.25) is 5.91 Å². The molecule has 1 fully saturated rings. The van der Waals surface area contributed by atoms with Crippen LogP contribution in [0, 0.1) is 0 Å². The highest BCUT2D eigenvalue weighted by Gasteiger charge is 2.31. The van der Waals surface area contributed by atoms with Gasteiger partial charge in [-0.15, -0.1) is 0 Å². The van der Waals surface area contributed by atoms with Gasteiger partial charge in [0.1, 0.15) is 0 Å². The summed E-state index contributed by atoms with van der Waals surface area (Å²) in [5, 5.41) is 0.